The van der Waals surface area contributed by atoms with Gasteiger partial charge in [-0.3, -0.25) is 0 Å². The number of anilines is 1. The molecule has 0 atom stereocenters. The van der Waals surface area contributed by atoms with E-state index in [9.17, 15) is 8.42 Å². The van der Waals surface area contributed by atoms with E-state index >= 15 is 0 Å². The summed E-state index contributed by atoms with van der Waals surface area (Å²) in [6, 6.07) is 14.6. The Morgan fingerprint density at radius 1 is 0.870 bits per heavy atom. The van der Waals surface area contributed by atoms with Gasteiger partial charge in [0.2, 0.25) is 10.0 Å². The van der Waals surface area contributed by atoms with Crippen LogP contribution in [0.5, 0.6) is 0 Å². The summed E-state index contributed by atoms with van der Waals surface area (Å²) in [5.41, 5.74) is 8.39. The molecule has 0 heterocycles. The summed E-state index contributed by atoms with van der Waals surface area (Å²) < 4.78 is 27.8. The van der Waals surface area contributed by atoms with Gasteiger partial charge in [-0.25, -0.2) is 13.1 Å². The van der Waals surface area contributed by atoms with Crippen LogP contribution in [-0.4, -0.2) is 14.5 Å². The summed E-state index contributed by atoms with van der Waals surface area (Å²) in [7, 11) is -3.44. The lowest BCUT2D eigenvalue weighted by Crippen LogP contribution is -2.36. The number of sulfonamides is 1. The highest BCUT2D eigenvalue weighted by atomic mass is 32.2. The molecule has 3 rings (SSSR count). The number of hydrogen-bond donors (Lipinski definition) is 2. The smallest absolute Gasteiger partial charge is 0.240 e. The highest BCUT2D eigenvalue weighted by Gasteiger charge is 2.21. The Labute approximate surface area is 139 Å². The van der Waals surface area contributed by atoms with Gasteiger partial charge in [-0.2, -0.15) is 0 Å². The SMILES string of the molecule is Nc1ccc(-c2ccc(S(=O)(=O)NC3CCCCC3)cc2)cc1.[HH]. The molecule has 23 heavy (non-hydrogen) atoms. The first-order valence-electron chi connectivity index (χ1n) is 8.03. The molecule has 124 valence electrons. The first-order valence-corrected chi connectivity index (χ1v) is 9.51. The van der Waals surface area contributed by atoms with Crippen LogP contribution in [0.4, 0.5) is 5.69 Å². The molecule has 2 aromatic rings. The Morgan fingerprint density at radius 3 is 1.96 bits per heavy atom. The van der Waals surface area contributed by atoms with Crippen molar-refractivity contribution in [2.75, 3.05) is 5.73 Å². The number of benzene rings is 2. The molecular formula is C18H24N2O2S. The lowest BCUT2D eigenvalue weighted by molar-refractivity contribution is 0.412. The van der Waals surface area contributed by atoms with Crippen molar-refractivity contribution in [3.05, 3.63) is 48.5 Å². The van der Waals surface area contributed by atoms with Crippen molar-refractivity contribution in [3.63, 3.8) is 0 Å². The van der Waals surface area contributed by atoms with Crippen LogP contribution in [0.3, 0.4) is 0 Å². The zero-order valence-corrected chi connectivity index (χ0v) is 13.9. The normalized spacial score (nSPS) is 16.3. The summed E-state index contributed by atoms with van der Waals surface area (Å²) in [5.74, 6) is 0. The molecule has 0 radical (unpaired) electrons. The summed E-state index contributed by atoms with van der Waals surface area (Å²) >= 11 is 0. The highest BCUT2D eigenvalue weighted by Crippen LogP contribution is 2.24. The molecule has 0 amide bonds. The van der Waals surface area contributed by atoms with E-state index in [-0.39, 0.29) is 7.47 Å². The van der Waals surface area contributed by atoms with Crippen LogP contribution in [0.25, 0.3) is 11.1 Å². The van der Waals surface area contributed by atoms with Gasteiger partial charge in [0.25, 0.3) is 0 Å². The Balaban J connectivity index is 0.00000208. The summed E-state index contributed by atoms with van der Waals surface area (Å²) in [4.78, 5) is 0.322. The second kappa shape index (κ2) is 6.72. The number of rotatable bonds is 4. The number of nitrogens with one attached hydrogen (secondary N) is 1. The molecule has 5 heteroatoms. The van der Waals surface area contributed by atoms with E-state index in [1.54, 1.807) is 12.1 Å². The summed E-state index contributed by atoms with van der Waals surface area (Å²) in [5, 5.41) is 0. The van der Waals surface area contributed by atoms with Crippen LogP contribution in [0.15, 0.2) is 53.4 Å². The maximum atomic E-state index is 12.5. The second-order valence-corrected chi connectivity index (χ2v) is 7.82. The lowest BCUT2D eigenvalue weighted by atomic mass is 9.96. The van der Waals surface area contributed by atoms with Gasteiger partial charge in [-0.1, -0.05) is 43.5 Å². The zero-order chi connectivity index (χ0) is 16.3. The molecule has 1 fully saturated rings. The molecule has 3 N–H and O–H groups in total. The van der Waals surface area contributed by atoms with Gasteiger partial charge in [-0.05, 0) is 48.2 Å². The predicted molar refractivity (Wildman–Crippen MR) is 95.6 cm³/mol. The van der Waals surface area contributed by atoms with Crippen LogP contribution in [0.2, 0.25) is 0 Å². The van der Waals surface area contributed by atoms with Crippen LogP contribution in [0, 0.1) is 0 Å². The van der Waals surface area contributed by atoms with Crippen molar-refractivity contribution >= 4 is 15.7 Å². The van der Waals surface area contributed by atoms with Crippen molar-refractivity contribution in [2.24, 2.45) is 0 Å². The minimum Gasteiger partial charge on any atom is -0.399 e. The molecule has 2 aromatic carbocycles. The number of nitrogen functional groups attached to an aromatic ring is 1. The van der Waals surface area contributed by atoms with Crippen molar-refractivity contribution in [2.45, 2.75) is 43.0 Å². The van der Waals surface area contributed by atoms with Gasteiger partial charge in [0.1, 0.15) is 0 Å². The van der Waals surface area contributed by atoms with Crippen molar-refractivity contribution in [3.8, 4) is 11.1 Å². The van der Waals surface area contributed by atoms with Gasteiger partial charge in [-0.15, -0.1) is 0 Å². The second-order valence-electron chi connectivity index (χ2n) is 6.10. The fraction of sp³-hybridized carbons (Fsp3) is 0.333. The average molecular weight is 332 g/mol. The van der Waals surface area contributed by atoms with Gasteiger partial charge >= 0.3 is 0 Å². The quantitative estimate of drug-likeness (QED) is 0.837. The van der Waals surface area contributed by atoms with Crippen LogP contribution in [-0.2, 0) is 10.0 Å². The standard InChI is InChI=1S/C18H22N2O2S.H2/c19-16-10-6-14(7-11-16)15-8-12-18(13-9-15)23(21,22)20-17-4-2-1-3-5-17;/h6-13,17,20H,1-5,19H2;1H. The van der Waals surface area contributed by atoms with Crippen molar-refractivity contribution in [1.82, 2.24) is 4.72 Å². The van der Waals surface area contributed by atoms with Gasteiger partial charge in [0.15, 0.2) is 0 Å². The van der Waals surface area contributed by atoms with E-state index in [1.165, 1.54) is 6.42 Å². The minimum atomic E-state index is -3.44. The molecule has 0 bridgehead atoms. The Morgan fingerprint density at radius 2 is 1.39 bits per heavy atom. The average Bonchev–Trinajstić information content (AvgIpc) is 2.56. The topological polar surface area (TPSA) is 72.2 Å². The Bertz CT molecular complexity index is 753. The van der Waals surface area contributed by atoms with Gasteiger partial charge in [0, 0.05) is 13.2 Å². The number of nitrogens with two attached hydrogens (primary N) is 1. The molecule has 0 aliphatic heterocycles. The van der Waals surface area contributed by atoms with Gasteiger partial charge in [0.05, 0.1) is 4.90 Å². The van der Waals surface area contributed by atoms with E-state index in [1.807, 2.05) is 36.4 Å². The first-order chi connectivity index (χ1) is 11.0. The Kier molecular flexibility index (Phi) is 4.68. The fourth-order valence-corrected chi connectivity index (χ4v) is 4.32. The lowest BCUT2D eigenvalue weighted by Gasteiger charge is -2.22. The van der Waals surface area contributed by atoms with E-state index < -0.39 is 10.0 Å². The maximum Gasteiger partial charge on any atom is 0.240 e. The third kappa shape index (κ3) is 3.92. The van der Waals surface area contributed by atoms with Crippen molar-refractivity contribution < 1.29 is 9.84 Å². The molecule has 1 saturated carbocycles. The Hall–Kier alpha value is -1.85. The molecule has 4 nitrogen and oxygen atoms in total. The molecule has 0 saturated heterocycles. The molecule has 0 unspecified atom stereocenters. The number of hydrogen-bond acceptors (Lipinski definition) is 3. The minimum absolute atomic E-state index is 0. The fourth-order valence-electron chi connectivity index (χ4n) is 3.01. The third-order valence-corrected chi connectivity index (χ3v) is 5.87. The van der Waals surface area contributed by atoms with Crippen LogP contribution < -0.4 is 10.5 Å². The zero-order valence-electron chi connectivity index (χ0n) is 13.0. The van der Waals surface area contributed by atoms with E-state index in [2.05, 4.69) is 4.72 Å². The van der Waals surface area contributed by atoms with E-state index in [4.69, 9.17) is 5.73 Å². The maximum absolute atomic E-state index is 12.5. The van der Waals surface area contributed by atoms with Gasteiger partial charge < -0.3 is 5.73 Å². The van der Waals surface area contributed by atoms with Crippen molar-refractivity contribution in [1.29, 1.82) is 0 Å². The molecule has 1 aliphatic rings. The molecule has 1 aliphatic carbocycles. The monoisotopic (exact) mass is 332 g/mol. The largest absolute Gasteiger partial charge is 0.399 e. The van der Waals surface area contributed by atoms with Crippen LogP contribution in [0.1, 0.15) is 33.5 Å². The highest BCUT2D eigenvalue weighted by molar-refractivity contribution is 7.89. The molecular weight excluding hydrogens is 308 g/mol. The molecule has 0 spiro atoms. The first kappa shape index (κ1) is 16.0. The predicted octanol–water partition coefficient (Wildman–Crippen LogP) is 3.79. The third-order valence-electron chi connectivity index (χ3n) is 4.34. The molecule has 0 aromatic heterocycles. The van der Waals surface area contributed by atoms with E-state index in [0.29, 0.717) is 10.6 Å². The van der Waals surface area contributed by atoms with Crippen LogP contribution >= 0.6 is 0 Å². The van der Waals surface area contributed by atoms with E-state index in [0.717, 1.165) is 36.8 Å². The summed E-state index contributed by atoms with van der Waals surface area (Å²) in [6.45, 7) is 0. The summed E-state index contributed by atoms with van der Waals surface area (Å²) in [6.07, 6.45) is 5.27.